The molecule has 0 amide bonds. The molecule has 0 aliphatic carbocycles. The molecule has 1 aliphatic heterocycles. The van der Waals surface area contributed by atoms with E-state index in [4.69, 9.17) is 4.74 Å². The number of likely N-dealkylation sites (N-methyl/N-ethyl adjacent to an activating group) is 1. The lowest BCUT2D eigenvalue weighted by Gasteiger charge is -2.33. The van der Waals surface area contributed by atoms with Gasteiger partial charge in [-0.3, -0.25) is 0 Å². The second-order valence-electron chi connectivity index (χ2n) is 3.00. The van der Waals surface area contributed by atoms with Gasteiger partial charge in [0.05, 0.1) is 27.3 Å². The molecule has 0 aromatic heterocycles. The minimum atomic E-state index is 0. The van der Waals surface area contributed by atoms with Crippen molar-refractivity contribution in [3.63, 3.8) is 0 Å². The summed E-state index contributed by atoms with van der Waals surface area (Å²) in [4.78, 5) is 0. The molecule has 56 valence electrons. The van der Waals surface area contributed by atoms with Gasteiger partial charge < -0.3 is 14.7 Å². The van der Waals surface area contributed by atoms with Crippen LogP contribution < -0.4 is 0 Å². The summed E-state index contributed by atoms with van der Waals surface area (Å²) in [6.07, 6.45) is 0. The van der Waals surface area contributed by atoms with Gasteiger partial charge in [0.15, 0.2) is 0 Å². The van der Waals surface area contributed by atoms with Crippen LogP contribution in [0.3, 0.4) is 0 Å². The van der Waals surface area contributed by atoms with Gasteiger partial charge in [0.25, 0.3) is 0 Å². The summed E-state index contributed by atoms with van der Waals surface area (Å²) in [5.74, 6) is 0. The van der Waals surface area contributed by atoms with E-state index in [9.17, 15) is 0 Å². The highest BCUT2D eigenvalue weighted by molar-refractivity contribution is 4.40. The summed E-state index contributed by atoms with van der Waals surface area (Å²) < 4.78 is 6.31. The molecule has 9 heavy (non-hydrogen) atoms. The van der Waals surface area contributed by atoms with Gasteiger partial charge in [0.1, 0.15) is 13.1 Å². The maximum Gasteiger partial charge on any atom is 0.102 e. The maximum atomic E-state index is 5.19. The van der Waals surface area contributed by atoms with Gasteiger partial charge in [-0.25, -0.2) is 0 Å². The number of hydrogen-bond donors (Lipinski definition) is 0. The van der Waals surface area contributed by atoms with Crippen LogP contribution in [-0.4, -0.2) is 50.4 Å². The van der Waals surface area contributed by atoms with E-state index >= 15 is 0 Å². The molecule has 3 nitrogen and oxygen atoms in total. The van der Waals surface area contributed by atoms with Gasteiger partial charge >= 0.3 is 0 Å². The van der Waals surface area contributed by atoms with E-state index in [0.717, 1.165) is 17.7 Å². The van der Waals surface area contributed by atoms with Gasteiger partial charge in [-0.1, -0.05) is 0 Å². The minimum Gasteiger partial charge on any atom is -0.870 e. The Hall–Kier alpha value is -0.120. The van der Waals surface area contributed by atoms with Crippen LogP contribution in [0.4, 0.5) is 0 Å². The molecule has 0 bridgehead atoms. The molecular weight excluding hydrogens is 118 g/mol. The third-order valence-electron chi connectivity index (χ3n) is 1.68. The van der Waals surface area contributed by atoms with Gasteiger partial charge in [-0.15, -0.1) is 0 Å². The molecule has 1 aliphatic rings. The summed E-state index contributed by atoms with van der Waals surface area (Å²) in [5, 5.41) is 0. The standard InChI is InChI=1S/C6H14NO.H2O/c1-7(2)3-5-8-6-4-7;/h3-6H2,1-2H3;1H2/q+1;/p-1. The second-order valence-corrected chi connectivity index (χ2v) is 3.00. The Balaban J connectivity index is 0.000000640. The zero-order valence-corrected chi connectivity index (χ0v) is 6.13. The molecular formula is C6H15NO2. The van der Waals surface area contributed by atoms with Crippen LogP contribution in [0.1, 0.15) is 0 Å². The molecule has 0 aromatic rings. The lowest BCUT2D eigenvalue weighted by atomic mass is 10.4. The molecule has 3 heteroatoms. The summed E-state index contributed by atoms with van der Waals surface area (Å²) in [6.45, 7) is 4.21. The van der Waals surface area contributed by atoms with Crippen LogP contribution in [0.15, 0.2) is 0 Å². The van der Waals surface area contributed by atoms with E-state index in [1.807, 2.05) is 0 Å². The summed E-state index contributed by atoms with van der Waals surface area (Å²) in [6, 6.07) is 0. The minimum absolute atomic E-state index is 0. The highest BCUT2D eigenvalue weighted by Crippen LogP contribution is 2.00. The first-order valence-corrected chi connectivity index (χ1v) is 3.10. The van der Waals surface area contributed by atoms with E-state index < -0.39 is 0 Å². The highest BCUT2D eigenvalue weighted by atomic mass is 16.5. The van der Waals surface area contributed by atoms with Gasteiger partial charge in [0, 0.05) is 0 Å². The molecule has 1 heterocycles. The largest absolute Gasteiger partial charge is 0.870 e. The van der Waals surface area contributed by atoms with Crippen molar-refractivity contribution in [1.29, 1.82) is 0 Å². The van der Waals surface area contributed by atoms with Crippen LogP contribution in [0.5, 0.6) is 0 Å². The zero-order valence-electron chi connectivity index (χ0n) is 6.13. The van der Waals surface area contributed by atoms with Crippen LogP contribution >= 0.6 is 0 Å². The maximum absolute atomic E-state index is 5.19. The van der Waals surface area contributed by atoms with Crippen LogP contribution in [-0.2, 0) is 4.74 Å². The van der Waals surface area contributed by atoms with Crippen molar-refractivity contribution in [2.24, 2.45) is 0 Å². The van der Waals surface area contributed by atoms with Gasteiger partial charge in [-0.2, -0.15) is 0 Å². The fraction of sp³-hybridized carbons (Fsp3) is 1.00. The number of nitrogens with zero attached hydrogens (tertiary/aromatic N) is 1. The first-order valence-electron chi connectivity index (χ1n) is 3.10. The predicted octanol–water partition coefficient (Wildman–Crippen LogP) is -0.0838. The third-order valence-corrected chi connectivity index (χ3v) is 1.68. The van der Waals surface area contributed by atoms with Crippen molar-refractivity contribution in [1.82, 2.24) is 0 Å². The number of hydrogen-bond acceptors (Lipinski definition) is 2. The van der Waals surface area contributed by atoms with Gasteiger partial charge in [-0.05, 0) is 0 Å². The Labute approximate surface area is 56.1 Å². The van der Waals surface area contributed by atoms with E-state index in [2.05, 4.69) is 14.1 Å². The smallest absolute Gasteiger partial charge is 0.102 e. The molecule has 0 spiro atoms. The normalized spacial score (nSPS) is 24.7. The molecule has 0 atom stereocenters. The average molecular weight is 133 g/mol. The fourth-order valence-electron chi connectivity index (χ4n) is 0.837. The SMILES string of the molecule is C[N+]1(C)CCOCC1.[OH-]. The van der Waals surface area contributed by atoms with Crippen LogP contribution in [0.2, 0.25) is 0 Å². The molecule has 0 unspecified atom stereocenters. The van der Waals surface area contributed by atoms with Crippen molar-refractivity contribution < 1.29 is 14.7 Å². The quantitative estimate of drug-likeness (QED) is 0.433. The Morgan fingerprint density at radius 2 is 1.56 bits per heavy atom. The second kappa shape index (κ2) is 3.15. The molecule has 0 radical (unpaired) electrons. The van der Waals surface area contributed by atoms with Crippen LogP contribution in [0, 0.1) is 0 Å². The van der Waals surface area contributed by atoms with E-state index in [1.54, 1.807) is 0 Å². The lowest BCUT2D eigenvalue weighted by Crippen LogP contribution is -2.48. The van der Waals surface area contributed by atoms with E-state index in [1.165, 1.54) is 13.1 Å². The number of morpholine rings is 1. The van der Waals surface area contributed by atoms with Crippen molar-refractivity contribution in [3.8, 4) is 0 Å². The third kappa shape index (κ3) is 2.79. The number of ether oxygens (including phenoxy) is 1. The first kappa shape index (κ1) is 8.88. The Morgan fingerprint density at radius 1 is 1.11 bits per heavy atom. The van der Waals surface area contributed by atoms with Gasteiger partial charge in [0.2, 0.25) is 0 Å². The van der Waals surface area contributed by atoms with E-state index in [-0.39, 0.29) is 5.48 Å². The summed E-state index contributed by atoms with van der Waals surface area (Å²) >= 11 is 0. The van der Waals surface area contributed by atoms with Crippen molar-refractivity contribution >= 4 is 0 Å². The van der Waals surface area contributed by atoms with Crippen molar-refractivity contribution in [2.45, 2.75) is 0 Å². The molecule has 1 saturated heterocycles. The number of rotatable bonds is 0. The Morgan fingerprint density at radius 3 is 1.78 bits per heavy atom. The number of quaternary nitrogens is 1. The Kier molecular flexibility index (Phi) is 3.11. The molecule has 0 saturated carbocycles. The topological polar surface area (TPSA) is 39.2 Å². The van der Waals surface area contributed by atoms with Crippen LogP contribution in [0.25, 0.3) is 0 Å². The molecule has 1 rings (SSSR count). The van der Waals surface area contributed by atoms with E-state index in [0.29, 0.717) is 0 Å². The zero-order chi connectivity index (χ0) is 6.04. The lowest BCUT2D eigenvalue weighted by molar-refractivity contribution is -0.898. The highest BCUT2D eigenvalue weighted by Gasteiger charge is 2.18. The average Bonchev–Trinajstić information content (AvgIpc) is 1.65. The Bertz CT molecular complexity index is 75.1. The van der Waals surface area contributed by atoms with Crippen molar-refractivity contribution in [3.05, 3.63) is 0 Å². The van der Waals surface area contributed by atoms with Crippen molar-refractivity contribution in [2.75, 3.05) is 40.4 Å². The summed E-state index contributed by atoms with van der Waals surface area (Å²) in [7, 11) is 4.48. The molecule has 1 N–H and O–H groups in total. The summed E-state index contributed by atoms with van der Waals surface area (Å²) in [5.41, 5.74) is 0. The monoisotopic (exact) mass is 133 g/mol. The molecule has 1 fully saturated rings. The molecule has 0 aromatic carbocycles. The first-order chi connectivity index (χ1) is 3.71. The predicted molar refractivity (Wildman–Crippen MR) is 34.6 cm³/mol. The fourth-order valence-corrected chi connectivity index (χ4v) is 0.837.